The van der Waals surface area contributed by atoms with Gasteiger partial charge in [0, 0.05) is 30.0 Å². The van der Waals surface area contributed by atoms with Gasteiger partial charge in [-0.05, 0) is 36.4 Å². The van der Waals surface area contributed by atoms with Crippen molar-refractivity contribution in [1.29, 1.82) is 0 Å². The van der Waals surface area contributed by atoms with Gasteiger partial charge >= 0.3 is 6.18 Å². The summed E-state index contributed by atoms with van der Waals surface area (Å²) in [5, 5.41) is 11.8. The molecule has 1 saturated heterocycles. The quantitative estimate of drug-likeness (QED) is 0.598. The van der Waals surface area contributed by atoms with Gasteiger partial charge in [0.1, 0.15) is 0 Å². The summed E-state index contributed by atoms with van der Waals surface area (Å²) in [4.78, 5) is -0.719. The fourth-order valence-electron chi connectivity index (χ4n) is 3.31. The van der Waals surface area contributed by atoms with Crippen LogP contribution in [0.2, 0.25) is 0 Å². The van der Waals surface area contributed by atoms with Gasteiger partial charge in [-0.1, -0.05) is 12.1 Å². The fourth-order valence-corrected chi connectivity index (χ4v) is 5.62. The van der Waals surface area contributed by atoms with Crippen LogP contribution in [0.5, 0.6) is 0 Å². The van der Waals surface area contributed by atoms with Crippen LogP contribution in [0.3, 0.4) is 0 Å². The first-order valence-corrected chi connectivity index (χ1v) is 11.2. The van der Waals surface area contributed by atoms with Gasteiger partial charge in [0.15, 0.2) is 0 Å². The van der Waals surface area contributed by atoms with Gasteiger partial charge in [-0.15, -0.1) is 10.2 Å². The molecular weight excluding hydrogens is 427 g/mol. The predicted molar refractivity (Wildman–Crippen MR) is 99.8 cm³/mol. The molecule has 3 heterocycles. The first-order valence-electron chi connectivity index (χ1n) is 8.79. The Morgan fingerprint density at radius 1 is 1.10 bits per heavy atom. The van der Waals surface area contributed by atoms with Crippen molar-refractivity contribution in [3.63, 3.8) is 0 Å². The summed E-state index contributed by atoms with van der Waals surface area (Å²) in [6, 6.07) is 6.10. The molecule has 1 aliphatic heterocycles. The Bertz CT molecular complexity index is 1090. The summed E-state index contributed by atoms with van der Waals surface area (Å²) in [5.74, 6) is 0.675. The molecular formula is C18H16F3N3O3S2. The van der Waals surface area contributed by atoms with Gasteiger partial charge in [0.2, 0.25) is 21.8 Å². The molecule has 1 aromatic carbocycles. The van der Waals surface area contributed by atoms with E-state index in [-0.39, 0.29) is 19.0 Å². The maximum atomic E-state index is 13.2. The Balaban J connectivity index is 1.50. The molecule has 3 aromatic rings. The van der Waals surface area contributed by atoms with Crippen LogP contribution in [0.1, 0.15) is 30.2 Å². The van der Waals surface area contributed by atoms with E-state index in [1.165, 1.54) is 23.5 Å². The molecule has 1 fully saturated rings. The molecule has 6 nitrogen and oxygen atoms in total. The second kappa shape index (κ2) is 7.54. The number of benzene rings is 1. The zero-order chi connectivity index (χ0) is 20.6. The van der Waals surface area contributed by atoms with Crippen LogP contribution >= 0.6 is 11.3 Å². The highest BCUT2D eigenvalue weighted by Crippen LogP contribution is 2.37. The predicted octanol–water partition coefficient (Wildman–Crippen LogP) is 4.39. The van der Waals surface area contributed by atoms with Gasteiger partial charge in [0.05, 0.1) is 10.5 Å². The third-order valence-corrected chi connectivity index (χ3v) is 7.46. The Morgan fingerprint density at radius 3 is 2.48 bits per heavy atom. The lowest BCUT2D eigenvalue weighted by atomic mass is 9.98. The molecule has 0 amide bonds. The molecule has 11 heteroatoms. The van der Waals surface area contributed by atoms with Crippen molar-refractivity contribution in [3.8, 4) is 11.5 Å². The number of aromatic nitrogens is 2. The van der Waals surface area contributed by atoms with Crippen molar-refractivity contribution in [3.05, 3.63) is 52.5 Å². The van der Waals surface area contributed by atoms with E-state index in [0.29, 0.717) is 24.6 Å². The van der Waals surface area contributed by atoms with E-state index in [2.05, 4.69) is 10.2 Å². The highest BCUT2D eigenvalue weighted by molar-refractivity contribution is 7.89. The SMILES string of the molecule is O=S(=O)(c1ccccc1C(F)(F)F)N1CCC(c2nnc(-c3ccsc3)o2)CC1. The summed E-state index contributed by atoms with van der Waals surface area (Å²) in [7, 11) is -4.26. The first-order chi connectivity index (χ1) is 13.8. The lowest BCUT2D eigenvalue weighted by Crippen LogP contribution is -2.38. The highest BCUT2D eigenvalue weighted by Gasteiger charge is 2.40. The molecule has 0 saturated carbocycles. The van der Waals surface area contributed by atoms with E-state index in [1.54, 1.807) is 0 Å². The minimum Gasteiger partial charge on any atom is -0.420 e. The van der Waals surface area contributed by atoms with E-state index in [1.807, 2.05) is 16.8 Å². The van der Waals surface area contributed by atoms with Crippen molar-refractivity contribution in [2.45, 2.75) is 29.8 Å². The molecule has 4 rings (SSSR count). The van der Waals surface area contributed by atoms with Crippen molar-refractivity contribution < 1.29 is 26.0 Å². The number of sulfonamides is 1. The van der Waals surface area contributed by atoms with Crippen LogP contribution in [0.15, 0.2) is 50.4 Å². The lowest BCUT2D eigenvalue weighted by molar-refractivity contribution is -0.139. The number of hydrogen-bond donors (Lipinski definition) is 0. The molecule has 0 radical (unpaired) electrons. The average Bonchev–Trinajstić information content (AvgIpc) is 3.39. The molecule has 0 N–H and O–H groups in total. The number of alkyl halides is 3. The second-order valence-corrected chi connectivity index (χ2v) is 9.32. The maximum Gasteiger partial charge on any atom is 0.417 e. The largest absolute Gasteiger partial charge is 0.420 e. The topological polar surface area (TPSA) is 76.3 Å². The van der Waals surface area contributed by atoms with Gasteiger partial charge in [-0.25, -0.2) is 8.42 Å². The first kappa shape index (κ1) is 20.0. The molecule has 0 aliphatic carbocycles. The third-order valence-electron chi connectivity index (χ3n) is 4.82. The van der Waals surface area contributed by atoms with E-state index in [4.69, 9.17) is 4.42 Å². The lowest BCUT2D eigenvalue weighted by Gasteiger charge is -2.30. The molecule has 29 heavy (non-hydrogen) atoms. The number of halogens is 3. The number of hydrogen-bond acceptors (Lipinski definition) is 6. The summed E-state index contributed by atoms with van der Waals surface area (Å²) in [6.45, 7) is 0.157. The third kappa shape index (κ3) is 3.94. The molecule has 154 valence electrons. The Kier molecular flexibility index (Phi) is 5.21. The van der Waals surface area contributed by atoms with Crippen LogP contribution in [-0.4, -0.2) is 36.0 Å². The molecule has 2 aromatic heterocycles. The minimum atomic E-state index is -4.75. The van der Waals surface area contributed by atoms with Crippen LogP contribution < -0.4 is 0 Å². The fraction of sp³-hybridized carbons (Fsp3) is 0.333. The molecule has 0 atom stereocenters. The number of nitrogens with zero attached hydrogens (tertiary/aromatic N) is 3. The minimum absolute atomic E-state index is 0.0787. The summed E-state index contributed by atoms with van der Waals surface area (Å²) >= 11 is 1.50. The average molecular weight is 443 g/mol. The number of piperidine rings is 1. The van der Waals surface area contributed by atoms with Gasteiger partial charge in [-0.3, -0.25) is 0 Å². The summed E-state index contributed by atoms with van der Waals surface area (Å²) in [6.07, 6.45) is -3.97. The number of rotatable bonds is 4. The molecule has 0 spiro atoms. The van der Waals surface area contributed by atoms with Crippen LogP contribution in [0.25, 0.3) is 11.5 Å². The zero-order valence-electron chi connectivity index (χ0n) is 15.0. The van der Waals surface area contributed by atoms with E-state index in [9.17, 15) is 21.6 Å². The normalized spacial score (nSPS) is 16.9. The van der Waals surface area contributed by atoms with Crippen molar-refractivity contribution in [2.24, 2.45) is 0 Å². The van der Waals surface area contributed by atoms with Gasteiger partial charge in [0.25, 0.3) is 0 Å². The smallest absolute Gasteiger partial charge is 0.417 e. The van der Waals surface area contributed by atoms with Gasteiger partial charge in [-0.2, -0.15) is 28.8 Å². The molecule has 1 aliphatic rings. The van der Waals surface area contributed by atoms with Crippen molar-refractivity contribution in [1.82, 2.24) is 14.5 Å². The van der Waals surface area contributed by atoms with Crippen molar-refractivity contribution >= 4 is 21.4 Å². The number of thiophene rings is 1. The van der Waals surface area contributed by atoms with E-state index in [0.717, 1.165) is 22.0 Å². The standard InChI is InChI=1S/C18H16F3N3O3S2/c19-18(20,21)14-3-1-2-4-15(14)29(25,26)24-8-5-12(6-9-24)16-22-23-17(27-16)13-7-10-28-11-13/h1-4,7,10-12H,5-6,8-9H2. The monoisotopic (exact) mass is 443 g/mol. The zero-order valence-corrected chi connectivity index (χ0v) is 16.6. The maximum absolute atomic E-state index is 13.2. The van der Waals surface area contributed by atoms with E-state index >= 15 is 0 Å². The van der Waals surface area contributed by atoms with Crippen LogP contribution in [-0.2, 0) is 16.2 Å². The Morgan fingerprint density at radius 2 is 1.83 bits per heavy atom. The van der Waals surface area contributed by atoms with Gasteiger partial charge < -0.3 is 4.42 Å². The Hall–Kier alpha value is -2.24. The summed E-state index contributed by atoms with van der Waals surface area (Å²) < 4.78 is 72.2. The molecule has 0 unspecified atom stereocenters. The van der Waals surface area contributed by atoms with Crippen LogP contribution in [0, 0.1) is 0 Å². The Labute approximate surface area is 169 Å². The van der Waals surface area contributed by atoms with Crippen LogP contribution in [0.4, 0.5) is 13.2 Å². The van der Waals surface area contributed by atoms with Crippen molar-refractivity contribution in [2.75, 3.05) is 13.1 Å². The summed E-state index contributed by atoms with van der Waals surface area (Å²) in [5.41, 5.74) is -0.336. The highest BCUT2D eigenvalue weighted by atomic mass is 32.2. The molecule has 0 bridgehead atoms. The second-order valence-electron chi connectivity index (χ2n) is 6.63. The van der Waals surface area contributed by atoms with E-state index < -0.39 is 26.7 Å².